The summed E-state index contributed by atoms with van der Waals surface area (Å²) in [5.74, 6) is 2.02. The monoisotopic (exact) mass is 243 g/mol. The molecule has 92 valence electrons. The molecule has 3 fully saturated rings. The third-order valence-electron chi connectivity index (χ3n) is 4.93. The van der Waals surface area contributed by atoms with E-state index in [0.29, 0.717) is 0 Å². The molecule has 0 N–H and O–H groups in total. The summed E-state index contributed by atoms with van der Waals surface area (Å²) >= 11 is 1.91. The number of rotatable bonds is 2. The Morgan fingerprint density at radius 3 is 2.94 bits per heavy atom. The molecule has 2 aliphatic heterocycles. The van der Waals surface area contributed by atoms with Gasteiger partial charge in [0.2, 0.25) is 0 Å². The van der Waals surface area contributed by atoms with Crippen molar-refractivity contribution < 1.29 is 4.39 Å². The Bertz CT molecular complexity index is 273. The molecular formula is C13H22FNS. The van der Waals surface area contributed by atoms with E-state index in [2.05, 4.69) is 11.2 Å². The van der Waals surface area contributed by atoms with Crippen LogP contribution in [0.5, 0.6) is 0 Å². The van der Waals surface area contributed by atoms with Crippen molar-refractivity contribution in [3.8, 4) is 0 Å². The van der Waals surface area contributed by atoms with E-state index in [-0.39, 0.29) is 5.54 Å². The van der Waals surface area contributed by atoms with Gasteiger partial charge in [0.05, 0.1) is 0 Å². The van der Waals surface area contributed by atoms with Crippen molar-refractivity contribution in [1.82, 2.24) is 4.90 Å². The van der Waals surface area contributed by atoms with Crippen LogP contribution in [-0.4, -0.2) is 41.2 Å². The van der Waals surface area contributed by atoms with Crippen LogP contribution in [0.1, 0.15) is 38.5 Å². The first-order valence-electron chi connectivity index (χ1n) is 6.65. The van der Waals surface area contributed by atoms with Crippen LogP contribution in [-0.2, 0) is 0 Å². The molecule has 0 bridgehead atoms. The number of nitrogens with zero attached hydrogens (tertiary/aromatic N) is 1. The fraction of sp³-hybridized carbons (Fsp3) is 1.00. The van der Waals surface area contributed by atoms with Crippen LogP contribution < -0.4 is 0 Å². The van der Waals surface area contributed by atoms with Gasteiger partial charge in [-0.2, -0.15) is 11.8 Å². The van der Waals surface area contributed by atoms with E-state index in [9.17, 15) is 4.39 Å². The molecule has 3 rings (SSSR count). The predicted octanol–water partition coefficient (Wildman–Crippen LogP) is 3.09. The van der Waals surface area contributed by atoms with Gasteiger partial charge in [0, 0.05) is 23.9 Å². The summed E-state index contributed by atoms with van der Waals surface area (Å²) in [6, 6.07) is 0.724. The molecule has 0 unspecified atom stereocenters. The van der Waals surface area contributed by atoms with E-state index in [1.807, 2.05) is 11.8 Å². The van der Waals surface area contributed by atoms with Crippen molar-refractivity contribution in [2.45, 2.75) is 56.3 Å². The maximum Gasteiger partial charge on any atom is 0.115 e. The van der Waals surface area contributed by atoms with Crippen LogP contribution in [0.4, 0.5) is 4.39 Å². The second-order valence-electron chi connectivity index (χ2n) is 5.93. The van der Waals surface area contributed by atoms with Crippen LogP contribution in [0, 0.1) is 5.92 Å². The van der Waals surface area contributed by atoms with E-state index in [1.165, 1.54) is 32.1 Å². The molecule has 3 heteroatoms. The fourth-order valence-corrected chi connectivity index (χ4v) is 5.42. The molecule has 2 heterocycles. The molecule has 0 radical (unpaired) electrons. The van der Waals surface area contributed by atoms with Gasteiger partial charge in [-0.05, 0) is 37.9 Å². The van der Waals surface area contributed by atoms with Gasteiger partial charge in [0.15, 0.2) is 0 Å². The van der Waals surface area contributed by atoms with Gasteiger partial charge in [-0.15, -0.1) is 0 Å². The minimum Gasteiger partial charge on any atom is -0.291 e. The quantitative estimate of drug-likeness (QED) is 0.733. The lowest BCUT2D eigenvalue weighted by molar-refractivity contribution is 0.138. The first kappa shape index (κ1) is 11.3. The van der Waals surface area contributed by atoms with E-state index >= 15 is 0 Å². The van der Waals surface area contributed by atoms with Crippen molar-refractivity contribution in [1.29, 1.82) is 0 Å². The van der Waals surface area contributed by atoms with Crippen LogP contribution in [0.15, 0.2) is 0 Å². The Balaban J connectivity index is 1.84. The SMILES string of the molecule is CSC[C@@]12C[C@@H](F)CN1[C@H]1CCCC[C@H]1C2. The zero-order valence-corrected chi connectivity index (χ0v) is 10.9. The number of hydrogen-bond acceptors (Lipinski definition) is 2. The molecule has 0 amide bonds. The summed E-state index contributed by atoms with van der Waals surface area (Å²) in [6.45, 7) is 0.724. The molecule has 0 aromatic rings. The molecule has 1 saturated carbocycles. The third kappa shape index (κ3) is 1.62. The normalized spacial score (nSPS) is 48.0. The largest absolute Gasteiger partial charge is 0.291 e. The Labute approximate surface area is 102 Å². The smallest absolute Gasteiger partial charge is 0.115 e. The topological polar surface area (TPSA) is 3.24 Å². The van der Waals surface area contributed by atoms with Crippen molar-refractivity contribution >= 4 is 11.8 Å². The second-order valence-corrected chi connectivity index (χ2v) is 6.79. The summed E-state index contributed by atoms with van der Waals surface area (Å²) in [6.07, 6.45) is 9.19. The zero-order chi connectivity index (χ0) is 11.2. The molecule has 1 nitrogen and oxygen atoms in total. The van der Waals surface area contributed by atoms with Crippen LogP contribution in [0.2, 0.25) is 0 Å². The van der Waals surface area contributed by atoms with Crippen molar-refractivity contribution in [2.24, 2.45) is 5.92 Å². The minimum absolute atomic E-state index is 0.235. The summed E-state index contributed by atoms with van der Waals surface area (Å²) in [4.78, 5) is 2.57. The number of alkyl halides is 1. The lowest BCUT2D eigenvalue weighted by atomic mass is 9.82. The molecule has 4 atom stereocenters. The summed E-state index contributed by atoms with van der Waals surface area (Å²) < 4.78 is 13.7. The zero-order valence-electron chi connectivity index (χ0n) is 10.1. The van der Waals surface area contributed by atoms with Gasteiger partial charge in [0.25, 0.3) is 0 Å². The van der Waals surface area contributed by atoms with E-state index in [0.717, 1.165) is 30.7 Å². The van der Waals surface area contributed by atoms with E-state index in [1.54, 1.807) is 0 Å². The highest BCUT2D eigenvalue weighted by Gasteiger charge is 2.56. The van der Waals surface area contributed by atoms with Crippen LogP contribution in [0.25, 0.3) is 0 Å². The van der Waals surface area contributed by atoms with Gasteiger partial charge in [-0.25, -0.2) is 4.39 Å². The maximum absolute atomic E-state index is 13.7. The Hall–Kier alpha value is 0.240. The molecule has 0 aromatic heterocycles. The van der Waals surface area contributed by atoms with E-state index < -0.39 is 6.17 Å². The van der Waals surface area contributed by atoms with Gasteiger partial charge < -0.3 is 0 Å². The van der Waals surface area contributed by atoms with Gasteiger partial charge in [-0.3, -0.25) is 4.90 Å². The molecule has 16 heavy (non-hydrogen) atoms. The maximum atomic E-state index is 13.7. The first-order chi connectivity index (χ1) is 7.75. The summed E-state index contributed by atoms with van der Waals surface area (Å²) in [7, 11) is 0. The lowest BCUT2D eigenvalue weighted by Gasteiger charge is -2.35. The number of hydrogen-bond donors (Lipinski definition) is 0. The number of thioether (sulfide) groups is 1. The van der Waals surface area contributed by atoms with Crippen molar-refractivity contribution in [3.63, 3.8) is 0 Å². The van der Waals surface area contributed by atoms with E-state index in [4.69, 9.17) is 0 Å². The first-order valence-corrected chi connectivity index (χ1v) is 8.04. The lowest BCUT2D eigenvalue weighted by Crippen LogP contribution is -2.44. The molecule has 1 aliphatic carbocycles. The Morgan fingerprint density at radius 1 is 1.31 bits per heavy atom. The highest BCUT2D eigenvalue weighted by molar-refractivity contribution is 7.98. The Morgan fingerprint density at radius 2 is 2.12 bits per heavy atom. The van der Waals surface area contributed by atoms with Crippen LogP contribution in [0.3, 0.4) is 0 Å². The third-order valence-corrected chi connectivity index (χ3v) is 5.76. The molecule has 0 aromatic carbocycles. The average Bonchev–Trinajstić information content (AvgIpc) is 2.69. The van der Waals surface area contributed by atoms with Gasteiger partial charge >= 0.3 is 0 Å². The highest BCUT2D eigenvalue weighted by atomic mass is 32.2. The van der Waals surface area contributed by atoms with Gasteiger partial charge in [-0.1, -0.05) is 12.8 Å². The molecule has 0 spiro atoms. The molecule has 2 saturated heterocycles. The highest BCUT2D eigenvalue weighted by Crippen LogP contribution is 2.51. The Kier molecular flexibility index (Phi) is 2.95. The van der Waals surface area contributed by atoms with Gasteiger partial charge in [0.1, 0.15) is 6.17 Å². The van der Waals surface area contributed by atoms with Crippen molar-refractivity contribution in [2.75, 3.05) is 18.6 Å². The number of halogens is 1. The number of fused-ring (bicyclic) bond motifs is 3. The second kappa shape index (κ2) is 4.16. The predicted molar refractivity (Wildman–Crippen MR) is 67.7 cm³/mol. The molecular weight excluding hydrogens is 221 g/mol. The fourth-order valence-electron chi connectivity index (χ4n) is 4.48. The standard InChI is InChI=1S/C13H22FNS/c1-16-9-13-6-10-4-2-3-5-12(10)15(13)8-11(14)7-13/h10-12H,2-9H2,1H3/t10-,11+,12-,13+/m0/s1. The molecule has 3 aliphatic rings. The van der Waals surface area contributed by atoms with Crippen LogP contribution >= 0.6 is 11.8 Å². The minimum atomic E-state index is -0.560. The summed E-state index contributed by atoms with van der Waals surface area (Å²) in [5, 5.41) is 0. The van der Waals surface area contributed by atoms with Crippen molar-refractivity contribution in [3.05, 3.63) is 0 Å². The summed E-state index contributed by atoms with van der Waals surface area (Å²) in [5.41, 5.74) is 0.235. The average molecular weight is 243 g/mol.